The van der Waals surface area contributed by atoms with Gasteiger partial charge in [0.2, 0.25) is 0 Å². The Labute approximate surface area is 176 Å². The molecule has 25 heavy (non-hydrogen) atoms. The third-order valence-corrected chi connectivity index (χ3v) is 15.3. The molecule has 0 aromatic rings. The van der Waals surface area contributed by atoms with Crippen LogP contribution in [-0.2, 0) is 8.85 Å². The molecule has 0 radical (unpaired) electrons. The van der Waals surface area contributed by atoms with Crippen molar-refractivity contribution < 1.29 is 8.85 Å². The third kappa shape index (κ3) is 9.70. The lowest BCUT2D eigenvalue weighted by Gasteiger charge is -2.39. The molecule has 0 aliphatic rings. The molecule has 2 nitrogen and oxygen atoms in total. The second-order valence-corrected chi connectivity index (χ2v) is 22.3. The first-order valence-corrected chi connectivity index (χ1v) is 16.7. The quantitative estimate of drug-likeness (QED) is 0.227. The Morgan fingerprint density at radius 1 is 0.880 bits per heavy atom. The van der Waals surface area contributed by atoms with Crippen molar-refractivity contribution in [2.75, 3.05) is 6.61 Å². The summed E-state index contributed by atoms with van der Waals surface area (Å²) < 4.78 is 13.8. The van der Waals surface area contributed by atoms with Crippen molar-refractivity contribution in [3.8, 4) is 0 Å². The number of unbranched alkanes of at least 4 members (excludes halogenated alkanes) is 1. The largest absolute Gasteiger partial charge is 0.417 e. The summed E-state index contributed by atoms with van der Waals surface area (Å²) in [7, 11) is -3.39. The highest BCUT2D eigenvalue weighted by Crippen LogP contribution is 2.39. The molecule has 0 aliphatic heterocycles. The average molecular weight is 517 g/mol. The minimum Gasteiger partial charge on any atom is -0.417 e. The van der Waals surface area contributed by atoms with Crippen LogP contribution in [0, 0.1) is 0 Å². The van der Waals surface area contributed by atoms with Gasteiger partial charge in [0.25, 0.3) is 0 Å². The summed E-state index contributed by atoms with van der Waals surface area (Å²) in [4.78, 5) is 0. The van der Waals surface area contributed by atoms with Crippen LogP contribution in [0.3, 0.4) is 0 Å². The van der Waals surface area contributed by atoms with E-state index in [1.54, 1.807) is 0 Å². The fourth-order valence-corrected chi connectivity index (χ4v) is 4.84. The van der Waals surface area contributed by atoms with Gasteiger partial charge in [-0.05, 0) is 93.5 Å². The van der Waals surface area contributed by atoms with Crippen molar-refractivity contribution >= 4 is 48.5 Å². The van der Waals surface area contributed by atoms with Crippen LogP contribution >= 0.6 is 31.9 Å². The van der Waals surface area contributed by atoms with E-state index in [2.05, 4.69) is 106 Å². The molecular formula is C19H40Br2O2Si2. The van der Waals surface area contributed by atoms with Crippen molar-refractivity contribution in [1.29, 1.82) is 0 Å². The molecule has 0 spiro atoms. The van der Waals surface area contributed by atoms with Gasteiger partial charge in [-0.1, -0.05) is 41.5 Å². The van der Waals surface area contributed by atoms with Crippen LogP contribution in [0.1, 0.15) is 60.8 Å². The molecule has 0 N–H and O–H groups in total. The molecule has 0 saturated heterocycles. The van der Waals surface area contributed by atoms with Gasteiger partial charge < -0.3 is 8.85 Å². The van der Waals surface area contributed by atoms with E-state index in [0.717, 1.165) is 29.3 Å². The minimum absolute atomic E-state index is 0.155. The Bertz CT molecular complexity index is 432. The van der Waals surface area contributed by atoms with E-state index in [0.29, 0.717) is 0 Å². The number of halogens is 2. The molecule has 0 aromatic heterocycles. The summed E-state index contributed by atoms with van der Waals surface area (Å²) >= 11 is 7.00. The normalized spacial score (nSPS) is 15.2. The summed E-state index contributed by atoms with van der Waals surface area (Å²) in [6.07, 6.45) is 5.56. The third-order valence-electron chi connectivity index (χ3n) is 5.72. The Hall–Kier alpha value is 1.05. The molecule has 0 aliphatic carbocycles. The van der Waals surface area contributed by atoms with Crippen LogP contribution in [0.25, 0.3) is 0 Å². The maximum absolute atomic E-state index is 6.59. The van der Waals surface area contributed by atoms with Crippen LogP contribution in [0.2, 0.25) is 36.3 Å². The molecule has 0 aromatic carbocycles. The first kappa shape index (κ1) is 26.1. The first-order valence-electron chi connectivity index (χ1n) is 9.34. The standard InChI is InChI=1S/C19H40Br2O2Si2/c1-18(2,3)24(7,8)22-14-12-11-13-16(15-17(20)21)23-25(9,10)19(4,5)6/h15-16H,11-14H2,1-10H3. The molecule has 0 fully saturated rings. The maximum atomic E-state index is 6.59. The molecule has 0 rings (SSSR count). The van der Waals surface area contributed by atoms with Gasteiger partial charge >= 0.3 is 0 Å². The van der Waals surface area contributed by atoms with E-state index in [1.807, 2.05) is 0 Å². The predicted octanol–water partition coefficient (Wildman–Crippen LogP) is 8.20. The van der Waals surface area contributed by atoms with Crippen LogP contribution in [0.4, 0.5) is 0 Å². The first-order chi connectivity index (χ1) is 11.0. The molecule has 0 saturated carbocycles. The SMILES string of the molecule is CC(C)(C)[Si](C)(C)OCCCCC(C=C(Br)Br)O[Si](C)(C)C(C)(C)C. The average Bonchev–Trinajstić information content (AvgIpc) is 2.33. The summed E-state index contributed by atoms with van der Waals surface area (Å²) in [6.45, 7) is 23.9. The van der Waals surface area contributed by atoms with Gasteiger partial charge in [0.15, 0.2) is 16.6 Å². The zero-order chi connectivity index (χ0) is 20.1. The zero-order valence-electron chi connectivity index (χ0n) is 18.1. The van der Waals surface area contributed by atoms with Crippen molar-refractivity contribution in [3.05, 3.63) is 9.47 Å². The highest BCUT2D eigenvalue weighted by molar-refractivity contribution is 9.28. The molecular weight excluding hydrogens is 476 g/mol. The summed E-state index contributed by atoms with van der Waals surface area (Å²) in [5, 5.41) is 0.508. The number of hydrogen-bond acceptors (Lipinski definition) is 2. The van der Waals surface area contributed by atoms with E-state index in [-0.39, 0.29) is 16.2 Å². The monoisotopic (exact) mass is 514 g/mol. The van der Waals surface area contributed by atoms with Crippen molar-refractivity contribution in [2.24, 2.45) is 0 Å². The van der Waals surface area contributed by atoms with Gasteiger partial charge in [-0.25, -0.2) is 0 Å². The highest BCUT2D eigenvalue weighted by Gasteiger charge is 2.39. The maximum Gasteiger partial charge on any atom is 0.192 e. The zero-order valence-corrected chi connectivity index (χ0v) is 23.2. The molecule has 0 amide bonds. The summed E-state index contributed by atoms with van der Waals surface area (Å²) in [6, 6.07) is 0. The molecule has 1 unspecified atom stereocenters. The lowest BCUT2D eigenvalue weighted by molar-refractivity contribution is 0.204. The minimum atomic E-state index is -1.77. The summed E-state index contributed by atoms with van der Waals surface area (Å²) in [5.74, 6) is 0. The second kappa shape index (κ2) is 10.0. The van der Waals surface area contributed by atoms with Gasteiger partial charge in [-0.15, -0.1) is 0 Å². The van der Waals surface area contributed by atoms with E-state index >= 15 is 0 Å². The molecule has 150 valence electrons. The topological polar surface area (TPSA) is 18.5 Å². The predicted molar refractivity (Wildman–Crippen MR) is 125 cm³/mol. The fraction of sp³-hybridized carbons (Fsp3) is 0.895. The van der Waals surface area contributed by atoms with E-state index in [4.69, 9.17) is 8.85 Å². The Balaban J connectivity index is 4.57. The number of rotatable bonds is 9. The second-order valence-electron chi connectivity index (χ2n) is 9.98. The molecule has 1 atom stereocenters. The van der Waals surface area contributed by atoms with E-state index in [9.17, 15) is 0 Å². The van der Waals surface area contributed by atoms with Crippen LogP contribution < -0.4 is 0 Å². The smallest absolute Gasteiger partial charge is 0.192 e. The van der Waals surface area contributed by atoms with Gasteiger partial charge in [0.05, 0.1) is 9.50 Å². The van der Waals surface area contributed by atoms with E-state index < -0.39 is 16.6 Å². The van der Waals surface area contributed by atoms with Gasteiger partial charge in [0, 0.05) is 6.61 Å². The molecule has 6 heteroatoms. The summed E-state index contributed by atoms with van der Waals surface area (Å²) in [5.41, 5.74) is 0. The van der Waals surface area contributed by atoms with Crippen molar-refractivity contribution in [1.82, 2.24) is 0 Å². The van der Waals surface area contributed by atoms with Gasteiger partial charge in [-0.2, -0.15) is 0 Å². The highest BCUT2D eigenvalue weighted by atomic mass is 79.9. The Morgan fingerprint density at radius 3 is 1.76 bits per heavy atom. The Kier molecular flexibility index (Phi) is 10.4. The van der Waals surface area contributed by atoms with Crippen LogP contribution in [0.15, 0.2) is 9.47 Å². The molecule has 0 heterocycles. The Morgan fingerprint density at radius 2 is 1.36 bits per heavy atom. The molecule has 0 bridgehead atoms. The van der Waals surface area contributed by atoms with E-state index in [1.165, 1.54) is 0 Å². The van der Waals surface area contributed by atoms with Gasteiger partial charge in [0.1, 0.15) is 0 Å². The van der Waals surface area contributed by atoms with Gasteiger partial charge in [-0.3, -0.25) is 0 Å². The van der Waals surface area contributed by atoms with Crippen LogP contribution in [-0.4, -0.2) is 29.3 Å². The fourth-order valence-electron chi connectivity index (χ4n) is 1.86. The van der Waals surface area contributed by atoms with Crippen molar-refractivity contribution in [2.45, 2.75) is 103 Å². The lowest BCUT2D eigenvalue weighted by Crippen LogP contribution is -2.43. The number of hydrogen-bond donors (Lipinski definition) is 0. The van der Waals surface area contributed by atoms with Crippen molar-refractivity contribution in [3.63, 3.8) is 0 Å². The van der Waals surface area contributed by atoms with Crippen LogP contribution in [0.5, 0.6) is 0 Å². The lowest BCUT2D eigenvalue weighted by atomic mass is 10.1.